The zero-order valence-electron chi connectivity index (χ0n) is 14.5. The topological polar surface area (TPSA) is 69.7 Å². The first-order chi connectivity index (χ1) is 11.8. The van der Waals surface area contributed by atoms with Crippen molar-refractivity contribution in [1.82, 2.24) is 14.5 Å². The highest BCUT2D eigenvalue weighted by Gasteiger charge is 2.34. The van der Waals surface area contributed by atoms with Gasteiger partial charge < -0.3 is 5.32 Å². The summed E-state index contributed by atoms with van der Waals surface area (Å²) >= 11 is 3.36. The van der Waals surface area contributed by atoms with Crippen molar-refractivity contribution in [2.24, 2.45) is 0 Å². The van der Waals surface area contributed by atoms with Crippen LogP contribution in [0.25, 0.3) is 0 Å². The largest absolute Gasteiger partial charge is 0.352 e. The van der Waals surface area contributed by atoms with Crippen molar-refractivity contribution in [2.75, 3.05) is 26.2 Å². The third-order valence-electron chi connectivity index (χ3n) is 4.83. The van der Waals surface area contributed by atoms with Gasteiger partial charge in [-0.1, -0.05) is 6.07 Å². The summed E-state index contributed by atoms with van der Waals surface area (Å²) in [6.07, 6.45) is 2.13. The zero-order valence-corrected chi connectivity index (χ0v) is 16.9. The van der Waals surface area contributed by atoms with E-state index in [1.807, 2.05) is 24.8 Å². The highest BCUT2D eigenvalue weighted by molar-refractivity contribution is 9.10. The van der Waals surface area contributed by atoms with Crippen molar-refractivity contribution in [3.05, 3.63) is 28.2 Å². The van der Waals surface area contributed by atoms with E-state index < -0.39 is 10.0 Å². The summed E-state index contributed by atoms with van der Waals surface area (Å²) in [7, 11) is -3.53. The van der Waals surface area contributed by atoms with Gasteiger partial charge in [0.2, 0.25) is 15.9 Å². The average Bonchev–Trinajstić information content (AvgIpc) is 3.38. The van der Waals surface area contributed by atoms with Crippen LogP contribution in [0.2, 0.25) is 0 Å². The quantitative estimate of drug-likeness (QED) is 0.773. The summed E-state index contributed by atoms with van der Waals surface area (Å²) < 4.78 is 27.9. The van der Waals surface area contributed by atoms with E-state index in [1.54, 1.807) is 12.1 Å². The summed E-state index contributed by atoms with van der Waals surface area (Å²) in [6.45, 7) is 5.71. The van der Waals surface area contributed by atoms with Gasteiger partial charge in [0.15, 0.2) is 0 Å². The second-order valence-corrected chi connectivity index (χ2v) is 9.59. The maximum Gasteiger partial charge on any atom is 0.244 e. The second-order valence-electron chi connectivity index (χ2n) is 6.83. The maximum atomic E-state index is 12.9. The Morgan fingerprint density at radius 1 is 1.24 bits per heavy atom. The van der Waals surface area contributed by atoms with Crippen molar-refractivity contribution >= 4 is 31.9 Å². The Labute approximate surface area is 157 Å². The van der Waals surface area contributed by atoms with E-state index in [-0.39, 0.29) is 11.9 Å². The van der Waals surface area contributed by atoms with Crippen LogP contribution in [0.4, 0.5) is 0 Å². The van der Waals surface area contributed by atoms with E-state index in [0.717, 1.165) is 18.4 Å². The van der Waals surface area contributed by atoms with Crippen molar-refractivity contribution in [3.8, 4) is 0 Å². The Bertz CT molecular complexity index is 756. The summed E-state index contributed by atoms with van der Waals surface area (Å²) in [5, 5.41) is 3.01. The SMILES string of the molecule is Cc1ccc(S(=O)(=O)N2CCN(C(C)C(=O)NC3CC3)CC2)c(Br)c1. The highest BCUT2D eigenvalue weighted by Crippen LogP contribution is 2.27. The van der Waals surface area contributed by atoms with Gasteiger partial charge in [-0.3, -0.25) is 9.69 Å². The Balaban J connectivity index is 1.63. The fraction of sp³-hybridized carbons (Fsp3) is 0.588. The van der Waals surface area contributed by atoms with E-state index in [4.69, 9.17) is 0 Å². The van der Waals surface area contributed by atoms with Gasteiger partial charge in [-0.05, 0) is 60.3 Å². The van der Waals surface area contributed by atoms with Crippen molar-refractivity contribution < 1.29 is 13.2 Å². The molecule has 1 heterocycles. The molecule has 1 amide bonds. The van der Waals surface area contributed by atoms with E-state index in [1.165, 1.54) is 4.31 Å². The molecule has 1 aromatic rings. The molecule has 1 atom stereocenters. The van der Waals surface area contributed by atoms with Crippen LogP contribution in [0, 0.1) is 6.92 Å². The lowest BCUT2D eigenvalue weighted by Crippen LogP contribution is -2.55. The number of nitrogens with one attached hydrogen (secondary N) is 1. The Hall–Kier alpha value is -0.960. The van der Waals surface area contributed by atoms with Gasteiger partial charge in [-0.25, -0.2) is 8.42 Å². The molecule has 1 saturated carbocycles. The molecular weight excluding hydrogens is 406 g/mol. The second kappa shape index (κ2) is 7.34. The molecule has 1 aromatic carbocycles. The fourth-order valence-corrected chi connectivity index (χ4v) is 5.58. The van der Waals surface area contributed by atoms with E-state index in [2.05, 4.69) is 21.2 Å². The number of amides is 1. The number of nitrogens with zero attached hydrogens (tertiary/aromatic N) is 2. The van der Waals surface area contributed by atoms with Crippen LogP contribution in [0.15, 0.2) is 27.6 Å². The van der Waals surface area contributed by atoms with Crippen LogP contribution >= 0.6 is 15.9 Å². The van der Waals surface area contributed by atoms with Crippen LogP contribution in [0.1, 0.15) is 25.3 Å². The van der Waals surface area contributed by atoms with Gasteiger partial charge in [0, 0.05) is 36.7 Å². The monoisotopic (exact) mass is 429 g/mol. The minimum atomic E-state index is -3.53. The third-order valence-corrected chi connectivity index (χ3v) is 7.70. The first-order valence-corrected chi connectivity index (χ1v) is 10.8. The number of sulfonamides is 1. The summed E-state index contributed by atoms with van der Waals surface area (Å²) in [4.78, 5) is 14.5. The number of piperazine rings is 1. The van der Waals surface area contributed by atoms with Gasteiger partial charge in [-0.2, -0.15) is 4.31 Å². The molecule has 1 aliphatic heterocycles. The third kappa shape index (κ3) is 4.24. The van der Waals surface area contributed by atoms with Crippen LogP contribution < -0.4 is 5.32 Å². The molecule has 2 aliphatic rings. The number of hydrogen-bond acceptors (Lipinski definition) is 4. The first-order valence-electron chi connectivity index (χ1n) is 8.60. The number of halogens is 1. The molecule has 1 N–H and O–H groups in total. The standard InChI is InChI=1S/C17H24BrN3O3S/c1-12-3-6-16(15(18)11-12)25(23,24)21-9-7-20(8-10-21)13(2)17(22)19-14-4-5-14/h3,6,11,13-14H,4-5,7-10H2,1-2H3,(H,19,22). The molecule has 2 fully saturated rings. The summed E-state index contributed by atoms with van der Waals surface area (Å²) in [6, 6.07) is 5.38. The first kappa shape index (κ1) is 18.8. The molecule has 138 valence electrons. The minimum absolute atomic E-state index is 0.0417. The Morgan fingerprint density at radius 3 is 2.44 bits per heavy atom. The number of aryl methyl sites for hydroxylation is 1. The molecular formula is C17H24BrN3O3S. The van der Waals surface area contributed by atoms with Crippen LogP contribution in [-0.2, 0) is 14.8 Å². The highest BCUT2D eigenvalue weighted by atomic mass is 79.9. The molecule has 0 radical (unpaired) electrons. The molecule has 3 rings (SSSR count). The summed E-state index contributed by atoms with van der Waals surface area (Å²) in [5.41, 5.74) is 1.01. The Morgan fingerprint density at radius 2 is 1.88 bits per heavy atom. The number of benzene rings is 1. The van der Waals surface area contributed by atoms with Crippen LogP contribution in [-0.4, -0.2) is 61.8 Å². The number of hydrogen-bond donors (Lipinski definition) is 1. The lowest BCUT2D eigenvalue weighted by Gasteiger charge is -2.36. The number of carbonyl (C=O) groups is 1. The number of carbonyl (C=O) groups excluding carboxylic acids is 1. The van der Waals surface area contributed by atoms with E-state index in [9.17, 15) is 13.2 Å². The lowest BCUT2D eigenvalue weighted by atomic mass is 10.2. The van der Waals surface area contributed by atoms with Gasteiger partial charge >= 0.3 is 0 Å². The molecule has 1 saturated heterocycles. The minimum Gasteiger partial charge on any atom is -0.352 e. The van der Waals surface area contributed by atoms with Gasteiger partial charge in [0.25, 0.3) is 0 Å². The summed E-state index contributed by atoms with van der Waals surface area (Å²) in [5.74, 6) is 0.0417. The normalized spacial score (nSPS) is 21.1. The average molecular weight is 430 g/mol. The maximum absolute atomic E-state index is 12.9. The Kier molecular flexibility index (Phi) is 5.53. The van der Waals surface area contributed by atoms with Crippen LogP contribution in [0.5, 0.6) is 0 Å². The van der Waals surface area contributed by atoms with Gasteiger partial charge in [0.1, 0.15) is 0 Å². The molecule has 0 spiro atoms. The predicted molar refractivity (Wildman–Crippen MR) is 99.8 cm³/mol. The predicted octanol–water partition coefficient (Wildman–Crippen LogP) is 1.73. The van der Waals surface area contributed by atoms with E-state index in [0.29, 0.717) is 41.6 Å². The molecule has 1 aliphatic carbocycles. The molecule has 0 bridgehead atoms. The molecule has 6 nitrogen and oxygen atoms in total. The van der Waals surface area contributed by atoms with E-state index >= 15 is 0 Å². The van der Waals surface area contributed by atoms with Crippen molar-refractivity contribution in [2.45, 2.75) is 43.7 Å². The van der Waals surface area contributed by atoms with Gasteiger partial charge in [-0.15, -0.1) is 0 Å². The molecule has 8 heteroatoms. The van der Waals surface area contributed by atoms with Gasteiger partial charge in [0.05, 0.1) is 10.9 Å². The van der Waals surface area contributed by atoms with Crippen LogP contribution in [0.3, 0.4) is 0 Å². The fourth-order valence-electron chi connectivity index (χ4n) is 3.00. The van der Waals surface area contributed by atoms with Crippen molar-refractivity contribution in [1.29, 1.82) is 0 Å². The smallest absolute Gasteiger partial charge is 0.244 e. The molecule has 0 aromatic heterocycles. The zero-order chi connectivity index (χ0) is 18.2. The molecule has 1 unspecified atom stereocenters. The number of rotatable bonds is 5. The van der Waals surface area contributed by atoms with Crippen molar-refractivity contribution in [3.63, 3.8) is 0 Å². The lowest BCUT2D eigenvalue weighted by molar-refractivity contribution is -0.126. The molecule has 25 heavy (non-hydrogen) atoms.